The maximum Gasteiger partial charge on any atom is 0.275 e. The fourth-order valence-corrected chi connectivity index (χ4v) is 4.47. The van der Waals surface area contributed by atoms with Gasteiger partial charge >= 0.3 is 0 Å². The lowest BCUT2D eigenvalue weighted by atomic mass is 9.99. The number of fused-ring (bicyclic) bond motifs is 2. The third-order valence-corrected chi connectivity index (χ3v) is 6.28. The summed E-state index contributed by atoms with van der Waals surface area (Å²) in [5, 5.41) is 13.6. The number of aromatic nitrogens is 4. The number of benzene rings is 1. The van der Waals surface area contributed by atoms with Crippen molar-refractivity contribution in [3.8, 4) is 0 Å². The zero-order valence-corrected chi connectivity index (χ0v) is 19.2. The monoisotopic (exact) mass is 476 g/mol. The number of nitrogens with zero attached hydrogens (tertiary/aromatic N) is 5. The van der Waals surface area contributed by atoms with E-state index in [0.717, 1.165) is 11.1 Å². The Bertz CT molecular complexity index is 1430. The fourth-order valence-electron chi connectivity index (χ4n) is 4.47. The quantitative estimate of drug-likeness (QED) is 0.440. The Hall–Kier alpha value is -3.89. The van der Waals surface area contributed by atoms with E-state index in [-0.39, 0.29) is 23.5 Å². The number of β-amino-alcohol motifs (C(OH)–C–C–N with tert-alkyl or cyclic N) is 1. The van der Waals surface area contributed by atoms with Crippen LogP contribution in [0.15, 0.2) is 60.0 Å². The van der Waals surface area contributed by atoms with E-state index in [4.69, 9.17) is 0 Å². The Kier molecular flexibility index (Phi) is 6.14. The Balaban J connectivity index is 1.31. The largest absolute Gasteiger partial charge is 0.391 e. The van der Waals surface area contributed by atoms with E-state index in [2.05, 4.69) is 20.2 Å². The molecule has 1 atom stereocenters. The van der Waals surface area contributed by atoms with E-state index in [1.54, 1.807) is 60.6 Å². The number of rotatable bonds is 6. The van der Waals surface area contributed by atoms with Crippen molar-refractivity contribution < 1.29 is 14.3 Å². The SMILES string of the molecule is Cn1ccc(NC(=O)c2cn3ccncc3n2)c(CC(O)CN2CCc3cc(F)ccc3C2)c1=O. The van der Waals surface area contributed by atoms with Crippen LogP contribution in [0.1, 0.15) is 27.2 Å². The number of carbonyl (C=O) groups is 1. The number of aliphatic hydroxyl groups is 1. The minimum atomic E-state index is -0.830. The van der Waals surface area contributed by atoms with Gasteiger partial charge in [0.25, 0.3) is 11.5 Å². The van der Waals surface area contributed by atoms with Crippen molar-refractivity contribution >= 4 is 17.2 Å². The zero-order valence-electron chi connectivity index (χ0n) is 19.2. The van der Waals surface area contributed by atoms with Crippen LogP contribution in [0.5, 0.6) is 0 Å². The summed E-state index contributed by atoms with van der Waals surface area (Å²) in [6.45, 7) is 1.64. The summed E-state index contributed by atoms with van der Waals surface area (Å²) in [4.78, 5) is 36.1. The predicted molar refractivity (Wildman–Crippen MR) is 128 cm³/mol. The van der Waals surface area contributed by atoms with Crippen LogP contribution in [-0.2, 0) is 26.4 Å². The number of hydrogen-bond donors (Lipinski definition) is 2. The van der Waals surface area contributed by atoms with Crippen LogP contribution in [0.25, 0.3) is 5.65 Å². The number of amides is 1. The van der Waals surface area contributed by atoms with Gasteiger partial charge in [0.1, 0.15) is 11.5 Å². The second-order valence-corrected chi connectivity index (χ2v) is 8.80. The normalized spacial score (nSPS) is 14.6. The molecule has 1 aliphatic rings. The van der Waals surface area contributed by atoms with Crippen molar-refractivity contribution in [2.24, 2.45) is 7.05 Å². The second-order valence-electron chi connectivity index (χ2n) is 8.80. The zero-order chi connectivity index (χ0) is 24.5. The van der Waals surface area contributed by atoms with Crippen molar-refractivity contribution in [3.63, 3.8) is 0 Å². The van der Waals surface area contributed by atoms with Crippen LogP contribution < -0.4 is 10.9 Å². The molecule has 1 aliphatic heterocycles. The smallest absolute Gasteiger partial charge is 0.275 e. The van der Waals surface area contributed by atoms with Gasteiger partial charge in [-0.05, 0) is 35.7 Å². The molecular weight excluding hydrogens is 451 g/mol. The molecule has 35 heavy (non-hydrogen) atoms. The van der Waals surface area contributed by atoms with Crippen molar-refractivity contribution in [1.82, 2.24) is 23.8 Å². The molecule has 3 aromatic heterocycles. The second kappa shape index (κ2) is 9.40. The van der Waals surface area contributed by atoms with Crippen LogP contribution in [0.2, 0.25) is 0 Å². The molecule has 0 radical (unpaired) electrons. The van der Waals surface area contributed by atoms with Crippen LogP contribution >= 0.6 is 0 Å². The summed E-state index contributed by atoms with van der Waals surface area (Å²) in [5.41, 5.74) is 3.11. The molecule has 9 nitrogen and oxygen atoms in total. The van der Waals surface area contributed by atoms with Gasteiger partial charge in [-0.3, -0.25) is 19.5 Å². The summed E-state index contributed by atoms with van der Waals surface area (Å²) in [6, 6.07) is 6.43. The summed E-state index contributed by atoms with van der Waals surface area (Å²) < 4.78 is 16.6. The first-order valence-electron chi connectivity index (χ1n) is 11.3. The van der Waals surface area contributed by atoms with Crippen molar-refractivity contribution in [1.29, 1.82) is 0 Å². The standard InChI is InChI=1S/C25H25FN6O3/c1-30-7-5-21(29-24(34)22-15-32-9-6-27-12-23(32)28-22)20(25(30)35)11-19(33)14-31-8-4-16-10-18(26)3-2-17(16)13-31/h2-3,5-7,9-10,12,15,19,33H,4,8,11,13-14H2,1H3,(H,29,34). The number of carbonyl (C=O) groups excluding carboxylic acids is 1. The highest BCUT2D eigenvalue weighted by molar-refractivity contribution is 6.03. The summed E-state index contributed by atoms with van der Waals surface area (Å²) in [7, 11) is 1.62. The molecule has 0 spiro atoms. The van der Waals surface area contributed by atoms with E-state index < -0.39 is 12.0 Å². The molecule has 1 unspecified atom stereocenters. The molecule has 0 saturated heterocycles. The Morgan fingerprint density at radius 2 is 2.11 bits per heavy atom. The van der Waals surface area contributed by atoms with E-state index in [9.17, 15) is 19.1 Å². The Morgan fingerprint density at radius 1 is 1.26 bits per heavy atom. The van der Waals surface area contributed by atoms with Crippen LogP contribution in [0.3, 0.4) is 0 Å². The maximum atomic E-state index is 13.5. The lowest BCUT2D eigenvalue weighted by molar-refractivity contribution is 0.101. The van der Waals surface area contributed by atoms with E-state index in [1.165, 1.54) is 10.6 Å². The number of hydrogen-bond acceptors (Lipinski definition) is 6. The van der Waals surface area contributed by atoms with E-state index in [0.29, 0.717) is 43.0 Å². The van der Waals surface area contributed by atoms with Crippen molar-refractivity contribution in [3.05, 3.63) is 93.8 Å². The van der Waals surface area contributed by atoms with Gasteiger partial charge in [0, 0.05) is 63.5 Å². The first kappa shape index (κ1) is 22.9. The molecule has 4 heterocycles. The minimum absolute atomic E-state index is 0.0744. The number of aryl methyl sites for hydroxylation is 1. The van der Waals surface area contributed by atoms with Crippen molar-refractivity contribution in [2.75, 3.05) is 18.4 Å². The molecule has 5 rings (SSSR count). The molecule has 0 aliphatic carbocycles. The van der Waals surface area contributed by atoms with E-state index >= 15 is 0 Å². The minimum Gasteiger partial charge on any atom is -0.391 e. The average molecular weight is 477 g/mol. The van der Waals surface area contributed by atoms with Crippen LogP contribution in [-0.4, -0.2) is 54.0 Å². The highest BCUT2D eigenvalue weighted by Gasteiger charge is 2.22. The molecule has 2 N–H and O–H groups in total. The number of nitrogens with one attached hydrogen (secondary N) is 1. The van der Waals surface area contributed by atoms with Gasteiger partial charge in [0.15, 0.2) is 5.65 Å². The molecule has 0 saturated carbocycles. The number of anilines is 1. The van der Waals surface area contributed by atoms with Gasteiger partial charge in [0.2, 0.25) is 0 Å². The Morgan fingerprint density at radius 3 is 2.94 bits per heavy atom. The molecule has 0 fully saturated rings. The van der Waals surface area contributed by atoms with Gasteiger partial charge in [-0.1, -0.05) is 6.07 Å². The lowest BCUT2D eigenvalue weighted by Gasteiger charge is -2.30. The highest BCUT2D eigenvalue weighted by Crippen LogP contribution is 2.21. The average Bonchev–Trinajstić information content (AvgIpc) is 3.28. The topological polar surface area (TPSA) is 105 Å². The summed E-state index contributed by atoms with van der Waals surface area (Å²) in [6.07, 6.45) is 7.93. The van der Waals surface area contributed by atoms with Gasteiger partial charge in [-0.2, -0.15) is 0 Å². The van der Waals surface area contributed by atoms with Gasteiger partial charge < -0.3 is 19.4 Å². The highest BCUT2D eigenvalue weighted by atomic mass is 19.1. The van der Waals surface area contributed by atoms with Gasteiger partial charge in [-0.15, -0.1) is 0 Å². The van der Waals surface area contributed by atoms with Crippen molar-refractivity contribution in [2.45, 2.75) is 25.5 Å². The maximum absolute atomic E-state index is 13.5. The Labute approximate surface area is 200 Å². The van der Waals surface area contributed by atoms with Gasteiger partial charge in [-0.25, -0.2) is 9.37 Å². The summed E-state index contributed by atoms with van der Waals surface area (Å²) >= 11 is 0. The van der Waals surface area contributed by atoms with Gasteiger partial charge in [0.05, 0.1) is 18.0 Å². The molecular formula is C25H25FN6O3. The number of halogens is 1. The summed E-state index contributed by atoms with van der Waals surface area (Å²) in [5.74, 6) is -0.704. The third-order valence-electron chi connectivity index (χ3n) is 6.28. The molecule has 10 heteroatoms. The molecule has 0 bridgehead atoms. The lowest BCUT2D eigenvalue weighted by Crippen LogP contribution is -2.38. The molecule has 1 amide bonds. The first-order valence-corrected chi connectivity index (χ1v) is 11.3. The van der Waals surface area contributed by atoms with Crippen LogP contribution in [0.4, 0.5) is 10.1 Å². The van der Waals surface area contributed by atoms with Crippen LogP contribution in [0, 0.1) is 5.82 Å². The number of pyridine rings is 1. The number of imidazole rings is 1. The third kappa shape index (κ3) is 4.84. The first-order chi connectivity index (χ1) is 16.9. The predicted octanol–water partition coefficient (Wildman–Crippen LogP) is 1.78. The fraction of sp³-hybridized carbons (Fsp3) is 0.280. The molecule has 4 aromatic rings. The molecule has 1 aromatic carbocycles. The number of aliphatic hydroxyl groups excluding tert-OH is 1. The van der Waals surface area contributed by atoms with E-state index in [1.807, 2.05) is 0 Å². The molecule has 180 valence electrons.